The standard InChI is InChI=1S/C21H23NO6/c23-17-11-22(21(25)27-12-14-7-3-1-4-8-14)16-13-26-20(28-19(16)18(17)24)15-9-5-2-6-10-15/h1-10,16-20,23-24H,11-13H2/t16?,17?,18-,19-,20?/m1/s1. The van der Waals surface area contributed by atoms with Crippen molar-refractivity contribution in [2.45, 2.75) is 37.3 Å². The van der Waals surface area contributed by atoms with E-state index in [-0.39, 0.29) is 19.8 Å². The number of carbonyl (C=O) groups excluding carboxylic acids is 1. The lowest BCUT2D eigenvalue weighted by Gasteiger charge is -2.48. The predicted molar refractivity (Wildman–Crippen MR) is 99.1 cm³/mol. The first kappa shape index (κ1) is 18.9. The molecule has 4 rings (SSSR count). The van der Waals surface area contributed by atoms with E-state index < -0.39 is 36.7 Å². The summed E-state index contributed by atoms with van der Waals surface area (Å²) in [5.41, 5.74) is 1.68. The summed E-state index contributed by atoms with van der Waals surface area (Å²) >= 11 is 0. The quantitative estimate of drug-likeness (QED) is 0.838. The van der Waals surface area contributed by atoms with E-state index >= 15 is 0 Å². The molecule has 28 heavy (non-hydrogen) atoms. The van der Waals surface area contributed by atoms with Crippen molar-refractivity contribution in [3.05, 3.63) is 71.8 Å². The average molecular weight is 385 g/mol. The minimum Gasteiger partial charge on any atom is -0.445 e. The molecule has 2 aromatic rings. The number of ether oxygens (including phenoxy) is 3. The van der Waals surface area contributed by atoms with Crippen molar-refractivity contribution in [1.29, 1.82) is 0 Å². The molecule has 2 aliphatic heterocycles. The van der Waals surface area contributed by atoms with Gasteiger partial charge in [0.05, 0.1) is 19.2 Å². The van der Waals surface area contributed by atoms with Crippen LogP contribution >= 0.6 is 0 Å². The molecule has 0 radical (unpaired) electrons. The summed E-state index contributed by atoms with van der Waals surface area (Å²) in [6, 6.07) is 18.2. The third kappa shape index (κ3) is 3.88. The maximum absolute atomic E-state index is 12.6. The molecule has 2 aromatic carbocycles. The van der Waals surface area contributed by atoms with Gasteiger partial charge in [-0.25, -0.2) is 4.79 Å². The lowest BCUT2D eigenvalue weighted by atomic mass is 9.93. The summed E-state index contributed by atoms with van der Waals surface area (Å²) in [7, 11) is 0. The fraction of sp³-hybridized carbons (Fsp3) is 0.381. The second-order valence-corrected chi connectivity index (χ2v) is 6.99. The number of carbonyl (C=O) groups is 1. The number of fused-ring (bicyclic) bond motifs is 1. The number of benzene rings is 2. The molecule has 7 nitrogen and oxygen atoms in total. The number of rotatable bonds is 3. The van der Waals surface area contributed by atoms with Crippen molar-refractivity contribution in [2.75, 3.05) is 13.2 Å². The molecule has 2 heterocycles. The topological polar surface area (TPSA) is 88.5 Å². The Morgan fingerprint density at radius 3 is 2.46 bits per heavy atom. The Morgan fingerprint density at radius 1 is 1.07 bits per heavy atom. The largest absolute Gasteiger partial charge is 0.445 e. The van der Waals surface area contributed by atoms with Crippen LogP contribution in [-0.2, 0) is 20.8 Å². The van der Waals surface area contributed by atoms with Crippen LogP contribution in [0, 0.1) is 0 Å². The van der Waals surface area contributed by atoms with Crippen molar-refractivity contribution < 1.29 is 29.2 Å². The summed E-state index contributed by atoms with van der Waals surface area (Å²) < 4.78 is 17.1. The number of piperidine rings is 1. The van der Waals surface area contributed by atoms with E-state index in [1.165, 1.54) is 4.90 Å². The van der Waals surface area contributed by atoms with Gasteiger partial charge >= 0.3 is 6.09 Å². The number of β-amino-alcohol motifs (C(OH)–C–C–N with tert-alkyl or cyclic N) is 1. The van der Waals surface area contributed by atoms with Gasteiger partial charge in [0, 0.05) is 5.56 Å². The van der Waals surface area contributed by atoms with Crippen molar-refractivity contribution in [1.82, 2.24) is 4.90 Å². The smallest absolute Gasteiger partial charge is 0.410 e. The fourth-order valence-electron chi connectivity index (χ4n) is 3.59. The number of amides is 1. The minimum absolute atomic E-state index is 0.0430. The molecule has 0 aromatic heterocycles. The highest BCUT2D eigenvalue weighted by Gasteiger charge is 2.49. The molecule has 0 saturated carbocycles. The van der Waals surface area contributed by atoms with Crippen LogP contribution < -0.4 is 0 Å². The minimum atomic E-state index is -1.12. The molecule has 0 spiro atoms. The number of aliphatic hydroxyl groups excluding tert-OH is 2. The van der Waals surface area contributed by atoms with Crippen LogP contribution in [0.3, 0.4) is 0 Å². The molecule has 1 amide bonds. The zero-order valence-electron chi connectivity index (χ0n) is 15.3. The summed E-state index contributed by atoms with van der Waals surface area (Å²) in [4.78, 5) is 14.0. The fourth-order valence-corrected chi connectivity index (χ4v) is 3.59. The Bertz CT molecular complexity index is 786. The normalized spacial score (nSPS) is 29.8. The highest BCUT2D eigenvalue weighted by molar-refractivity contribution is 5.68. The first-order chi connectivity index (χ1) is 13.6. The molecule has 2 aliphatic rings. The summed E-state index contributed by atoms with van der Waals surface area (Å²) in [6.07, 6.45) is -4.25. The van der Waals surface area contributed by atoms with E-state index in [0.29, 0.717) is 0 Å². The van der Waals surface area contributed by atoms with Gasteiger partial charge in [-0.3, -0.25) is 4.90 Å². The first-order valence-corrected chi connectivity index (χ1v) is 9.29. The highest BCUT2D eigenvalue weighted by Crippen LogP contribution is 2.33. The monoisotopic (exact) mass is 385 g/mol. The summed E-state index contributed by atoms with van der Waals surface area (Å²) in [5.74, 6) is 0. The molecule has 148 valence electrons. The van der Waals surface area contributed by atoms with Gasteiger partial charge < -0.3 is 24.4 Å². The van der Waals surface area contributed by atoms with Gasteiger partial charge in [0.25, 0.3) is 0 Å². The highest BCUT2D eigenvalue weighted by atomic mass is 16.7. The van der Waals surface area contributed by atoms with Gasteiger partial charge in [0.2, 0.25) is 0 Å². The van der Waals surface area contributed by atoms with Gasteiger partial charge in [-0.2, -0.15) is 0 Å². The van der Waals surface area contributed by atoms with E-state index in [4.69, 9.17) is 14.2 Å². The first-order valence-electron chi connectivity index (χ1n) is 9.29. The van der Waals surface area contributed by atoms with Crippen LogP contribution in [0.15, 0.2) is 60.7 Å². The van der Waals surface area contributed by atoms with Crippen molar-refractivity contribution in [3.63, 3.8) is 0 Å². The van der Waals surface area contributed by atoms with Crippen LogP contribution in [-0.4, -0.2) is 58.7 Å². The van der Waals surface area contributed by atoms with Crippen LogP contribution in [0.1, 0.15) is 17.4 Å². The molecule has 0 aliphatic carbocycles. The van der Waals surface area contributed by atoms with E-state index in [9.17, 15) is 15.0 Å². The second kappa shape index (κ2) is 8.28. The average Bonchev–Trinajstić information content (AvgIpc) is 2.75. The van der Waals surface area contributed by atoms with Crippen LogP contribution in [0.4, 0.5) is 4.79 Å². The Morgan fingerprint density at radius 2 is 1.75 bits per heavy atom. The molecule has 5 atom stereocenters. The van der Waals surface area contributed by atoms with E-state index in [2.05, 4.69) is 0 Å². The number of hydrogen-bond acceptors (Lipinski definition) is 6. The molecule has 2 fully saturated rings. The van der Waals surface area contributed by atoms with Crippen molar-refractivity contribution in [2.24, 2.45) is 0 Å². The lowest BCUT2D eigenvalue weighted by Crippen LogP contribution is -2.66. The SMILES string of the molecule is O=C(OCc1ccccc1)N1CC(O)[C@@H](O)[C@@H]2OC(c3ccccc3)OCC21. The van der Waals surface area contributed by atoms with E-state index in [0.717, 1.165) is 11.1 Å². The van der Waals surface area contributed by atoms with Crippen molar-refractivity contribution >= 4 is 6.09 Å². The molecule has 0 bridgehead atoms. The molecule has 2 N–H and O–H groups in total. The zero-order chi connectivity index (χ0) is 19.5. The van der Waals surface area contributed by atoms with Crippen LogP contribution in [0.25, 0.3) is 0 Å². The third-order valence-electron chi connectivity index (χ3n) is 5.10. The van der Waals surface area contributed by atoms with Crippen molar-refractivity contribution in [3.8, 4) is 0 Å². The van der Waals surface area contributed by atoms with Gasteiger partial charge in [0.15, 0.2) is 6.29 Å². The Kier molecular flexibility index (Phi) is 5.59. The number of nitrogens with zero attached hydrogens (tertiary/aromatic N) is 1. The van der Waals surface area contributed by atoms with Crippen LogP contribution in [0.2, 0.25) is 0 Å². The number of aliphatic hydroxyl groups is 2. The molecule has 3 unspecified atom stereocenters. The molecular weight excluding hydrogens is 362 g/mol. The molecular formula is C21H23NO6. The maximum Gasteiger partial charge on any atom is 0.410 e. The lowest BCUT2D eigenvalue weighted by molar-refractivity contribution is -0.283. The second-order valence-electron chi connectivity index (χ2n) is 6.99. The zero-order valence-corrected chi connectivity index (χ0v) is 15.3. The van der Waals surface area contributed by atoms with E-state index in [1.807, 2.05) is 60.7 Å². The third-order valence-corrected chi connectivity index (χ3v) is 5.10. The predicted octanol–water partition coefficient (Wildman–Crippen LogP) is 1.84. The summed E-state index contributed by atoms with van der Waals surface area (Å²) in [6.45, 7) is 0.258. The number of hydrogen-bond donors (Lipinski definition) is 2. The Balaban J connectivity index is 1.45. The van der Waals surface area contributed by atoms with Gasteiger partial charge in [-0.05, 0) is 5.56 Å². The van der Waals surface area contributed by atoms with Gasteiger partial charge in [0.1, 0.15) is 24.9 Å². The van der Waals surface area contributed by atoms with Gasteiger partial charge in [-0.1, -0.05) is 60.7 Å². The summed E-state index contributed by atoms with van der Waals surface area (Å²) in [5, 5.41) is 20.7. The Labute approximate surface area is 163 Å². The Hall–Kier alpha value is -2.45. The molecule has 7 heteroatoms. The van der Waals surface area contributed by atoms with Crippen LogP contribution in [0.5, 0.6) is 0 Å². The molecule has 2 saturated heterocycles. The van der Waals surface area contributed by atoms with E-state index in [1.54, 1.807) is 0 Å². The van der Waals surface area contributed by atoms with Gasteiger partial charge in [-0.15, -0.1) is 0 Å². The maximum atomic E-state index is 12.6. The number of likely N-dealkylation sites (tertiary alicyclic amines) is 1.